The third kappa shape index (κ3) is 1.94. The zero-order chi connectivity index (χ0) is 8.43. The fourth-order valence-corrected chi connectivity index (χ4v) is 1.82. The summed E-state index contributed by atoms with van der Waals surface area (Å²) in [6, 6.07) is 4.38. The molecule has 0 aliphatic heterocycles. The number of aromatic hydroxyl groups is 1. The van der Waals surface area contributed by atoms with E-state index in [2.05, 4.69) is 0 Å². The molecular weight excluding hydrogens is 184 g/mol. The summed E-state index contributed by atoms with van der Waals surface area (Å²) in [5, 5.41) is 9.27. The molecule has 60 valence electrons. The zero-order valence-electron chi connectivity index (χ0n) is 5.87. The van der Waals surface area contributed by atoms with Gasteiger partial charge in [0.1, 0.15) is 5.75 Å². The molecule has 1 aromatic rings. The van der Waals surface area contributed by atoms with Gasteiger partial charge in [0.25, 0.3) is 0 Å². The SMILES string of the molecule is CS(=O)c1ccc(O)cc1Cl. The molecule has 0 spiro atoms. The summed E-state index contributed by atoms with van der Waals surface area (Å²) >= 11 is 5.67. The molecule has 1 rings (SSSR count). The number of hydrogen-bond donors (Lipinski definition) is 1. The minimum Gasteiger partial charge on any atom is -0.508 e. The van der Waals surface area contributed by atoms with Crippen molar-refractivity contribution in [3.8, 4) is 5.75 Å². The molecule has 0 aliphatic carbocycles. The van der Waals surface area contributed by atoms with Gasteiger partial charge in [0.2, 0.25) is 0 Å². The normalized spacial score (nSPS) is 12.9. The van der Waals surface area contributed by atoms with Crippen LogP contribution in [0.1, 0.15) is 0 Å². The number of phenolic OH excluding ortho intramolecular Hbond substituents is 1. The van der Waals surface area contributed by atoms with Crippen LogP contribution in [0.15, 0.2) is 23.1 Å². The highest BCUT2D eigenvalue weighted by molar-refractivity contribution is 7.84. The van der Waals surface area contributed by atoms with Crippen LogP contribution < -0.4 is 0 Å². The molecule has 0 saturated carbocycles. The van der Waals surface area contributed by atoms with Crippen molar-refractivity contribution >= 4 is 22.4 Å². The van der Waals surface area contributed by atoms with Gasteiger partial charge in [-0.1, -0.05) is 11.6 Å². The van der Waals surface area contributed by atoms with Crippen LogP contribution in [-0.2, 0) is 10.8 Å². The van der Waals surface area contributed by atoms with Crippen molar-refractivity contribution in [3.05, 3.63) is 23.2 Å². The van der Waals surface area contributed by atoms with Gasteiger partial charge in [0, 0.05) is 6.26 Å². The van der Waals surface area contributed by atoms with Crippen LogP contribution in [-0.4, -0.2) is 15.6 Å². The number of rotatable bonds is 1. The van der Waals surface area contributed by atoms with E-state index in [4.69, 9.17) is 16.7 Å². The quantitative estimate of drug-likeness (QED) is 0.733. The first-order valence-electron chi connectivity index (χ1n) is 2.93. The minimum absolute atomic E-state index is 0.0872. The Hall–Kier alpha value is -0.540. The Morgan fingerprint density at radius 3 is 2.64 bits per heavy atom. The van der Waals surface area contributed by atoms with Gasteiger partial charge >= 0.3 is 0 Å². The monoisotopic (exact) mass is 190 g/mol. The fourth-order valence-electron chi connectivity index (χ4n) is 0.723. The smallest absolute Gasteiger partial charge is 0.117 e. The minimum atomic E-state index is -1.09. The van der Waals surface area contributed by atoms with Crippen molar-refractivity contribution in [2.45, 2.75) is 4.90 Å². The first-order valence-corrected chi connectivity index (χ1v) is 4.87. The van der Waals surface area contributed by atoms with Gasteiger partial charge < -0.3 is 5.11 Å². The summed E-state index contributed by atoms with van der Waals surface area (Å²) in [6.07, 6.45) is 1.54. The molecule has 0 amide bonds. The molecule has 1 atom stereocenters. The predicted molar refractivity (Wildman–Crippen MR) is 45.4 cm³/mol. The fraction of sp³-hybridized carbons (Fsp3) is 0.143. The van der Waals surface area contributed by atoms with E-state index in [1.54, 1.807) is 6.07 Å². The van der Waals surface area contributed by atoms with Crippen molar-refractivity contribution in [2.75, 3.05) is 6.26 Å². The second kappa shape index (κ2) is 3.24. The third-order valence-electron chi connectivity index (χ3n) is 1.23. The van der Waals surface area contributed by atoms with E-state index in [9.17, 15) is 4.21 Å². The Bertz CT molecular complexity index is 298. The van der Waals surface area contributed by atoms with Crippen LogP contribution in [0.2, 0.25) is 5.02 Å². The van der Waals surface area contributed by atoms with Gasteiger partial charge in [-0.3, -0.25) is 4.21 Å². The molecule has 4 heteroatoms. The molecule has 0 bridgehead atoms. The second-order valence-electron chi connectivity index (χ2n) is 2.07. The van der Waals surface area contributed by atoms with Gasteiger partial charge in [0.05, 0.1) is 20.7 Å². The van der Waals surface area contributed by atoms with Crippen LogP contribution in [0.5, 0.6) is 5.75 Å². The van der Waals surface area contributed by atoms with Gasteiger partial charge in [-0.15, -0.1) is 0 Å². The van der Waals surface area contributed by atoms with Gasteiger partial charge in [-0.05, 0) is 18.2 Å². The highest BCUT2D eigenvalue weighted by Crippen LogP contribution is 2.23. The van der Waals surface area contributed by atoms with E-state index in [1.807, 2.05) is 0 Å². The molecule has 0 radical (unpaired) electrons. The lowest BCUT2D eigenvalue weighted by Crippen LogP contribution is -1.87. The largest absolute Gasteiger partial charge is 0.508 e. The molecule has 0 fully saturated rings. The van der Waals surface area contributed by atoms with Crippen LogP contribution >= 0.6 is 11.6 Å². The van der Waals surface area contributed by atoms with E-state index in [0.29, 0.717) is 9.92 Å². The maximum absolute atomic E-state index is 10.9. The summed E-state index contributed by atoms with van der Waals surface area (Å²) in [5.74, 6) is 0.0872. The molecule has 0 aliphatic rings. The van der Waals surface area contributed by atoms with E-state index in [1.165, 1.54) is 18.4 Å². The average molecular weight is 191 g/mol. The highest BCUT2D eigenvalue weighted by atomic mass is 35.5. The summed E-state index contributed by atoms with van der Waals surface area (Å²) in [7, 11) is -1.09. The Morgan fingerprint density at radius 1 is 1.55 bits per heavy atom. The van der Waals surface area contributed by atoms with Crippen molar-refractivity contribution < 1.29 is 9.32 Å². The lowest BCUT2D eigenvalue weighted by molar-refractivity contribution is 0.475. The van der Waals surface area contributed by atoms with Crippen molar-refractivity contribution in [1.82, 2.24) is 0 Å². The lowest BCUT2D eigenvalue weighted by atomic mass is 10.3. The van der Waals surface area contributed by atoms with Gasteiger partial charge in [-0.2, -0.15) is 0 Å². The Kier molecular flexibility index (Phi) is 2.52. The topological polar surface area (TPSA) is 37.3 Å². The summed E-state index contributed by atoms with van der Waals surface area (Å²) in [4.78, 5) is 0.546. The number of halogens is 1. The van der Waals surface area contributed by atoms with E-state index < -0.39 is 10.8 Å². The average Bonchev–Trinajstić information content (AvgIpc) is 1.85. The van der Waals surface area contributed by atoms with Crippen LogP contribution in [0, 0.1) is 0 Å². The number of hydrogen-bond acceptors (Lipinski definition) is 2. The van der Waals surface area contributed by atoms with E-state index in [-0.39, 0.29) is 5.75 Å². The predicted octanol–water partition coefficient (Wildman–Crippen LogP) is 1.78. The van der Waals surface area contributed by atoms with Crippen LogP contribution in [0.4, 0.5) is 0 Å². The summed E-state index contributed by atoms with van der Waals surface area (Å²) in [6.45, 7) is 0. The standard InChI is InChI=1S/C7H7ClO2S/c1-11(10)7-3-2-5(9)4-6(7)8/h2-4,9H,1H3. The van der Waals surface area contributed by atoms with Crippen molar-refractivity contribution in [3.63, 3.8) is 0 Å². The second-order valence-corrected chi connectivity index (χ2v) is 3.82. The van der Waals surface area contributed by atoms with Crippen molar-refractivity contribution in [1.29, 1.82) is 0 Å². The Balaban J connectivity index is 3.20. The first kappa shape index (κ1) is 8.56. The molecule has 0 saturated heterocycles. The first-order chi connectivity index (χ1) is 5.11. The molecule has 0 aromatic heterocycles. The van der Waals surface area contributed by atoms with E-state index in [0.717, 1.165) is 0 Å². The van der Waals surface area contributed by atoms with Gasteiger partial charge in [-0.25, -0.2) is 0 Å². The number of benzene rings is 1. The maximum Gasteiger partial charge on any atom is 0.117 e. The Labute approximate surface area is 72.3 Å². The molecule has 2 nitrogen and oxygen atoms in total. The number of phenols is 1. The molecule has 11 heavy (non-hydrogen) atoms. The van der Waals surface area contributed by atoms with E-state index >= 15 is 0 Å². The summed E-state index contributed by atoms with van der Waals surface area (Å²) in [5.41, 5.74) is 0. The summed E-state index contributed by atoms with van der Waals surface area (Å²) < 4.78 is 10.9. The molecule has 1 unspecified atom stereocenters. The zero-order valence-corrected chi connectivity index (χ0v) is 7.45. The van der Waals surface area contributed by atoms with Crippen LogP contribution in [0.25, 0.3) is 0 Å². The Morgan fingerprint density at radius 2 is 2.18 bits per heavy atom. The third-order valence-corrected chi connectivity index (χ3v) is 2.63. The molecular formula is C7H7ClO2S. The van der Waals surface area contributed by atoms with Crippen LogP contribution in [0.3, 0.4) is 0 Å². The molecule has 1 N–H and O–H groups in total. The highest BCUT2D eigenvalue weighted by Gasteiger charge is 2.03. The van der Waals surface area contributed by atoms with Gasteiger partial charge in [0.15, 0.2) is 0 Å². The molecule has 1 aromatic carbocycles. The maximum atomic E-state index is 10.9. The molecule has 0 heterocycles. The van der Waals surface area contributed by atoms with Crippen molar-refractivity contribution in [2.24, 2.45) is 0 Å². The lowest BCUT2D eigenvalue weighted by Gasteiger charge is -1.99.